The maximum absolute atomic E-state index is 12.8. The van der Waals surface area contributed by atoms with Gasteiger partial charge in [-0.05, 0) is 35.8 Å². The molecule has 1 amide bonds. The van der Waals surface area contributed by atoms with Crippen LogP contribution in [0, 0.1) is 5.41 Å². The van der Waals surface area contributed by atoms with Gasteiger partial charge in [-0.3, -0.25) is 4.79 Å². The summed E-state index contributed by atoms with van der Waals surface area (Å²) >= 11 is 0. The van der Waals surface area contributed by atoms with E-state index in [0.29, 0.717) is 19.4 Å². The number of amides is 1. The number of carbonyl (C=O) groups excluding carboxylic acids is 1. The Morgan fingerprint density at radius 3 is 2.10 bits per heavy atom. The quantitative estimate of drug-likeness (QED) is 0.547. The summed E-state index contributed by atoms with van der Waals surface area (Å²) in [6.45, 7) is 11.1. The largest absolute Gasteiger partial charge is 0.390 e. The Labute approximate surface area is 182 Å². The van der Waals surface area contributed by atoms with Gasteiger partial charge < -0.3 is 15.7 Å². The SMILES string of the molecule is CC(CC(=O)N[C@H](Cc1ccccc1)[C@H](O)CNC(C)C(C)(C)C)c1ccccc1. The predicted molar refractivity (Wildman–Crippen MR) is 124 cm³/mol. The molecule has 0 saturated carbocycles. The van der Waals surface area contributed by atoms with Crippen LogP contribution in [0.5, 0.6) is 0 Å². The fourth-order valence-corrected chi connectivity index (χ4v) is 3.34. The second kappa shape index (κ2) is 11.3. The highest BCUT2D eigenvalue weighted by Crippen LogP contribution is 2.20. The Balaban J connectivity index is 2.02. The first kappa shape index (κ1) is 24.1. The molecule has 164 valence electrons. The van der Waals surface area contributed by atoms with E-state index in [1.165, 1.54) is 0 Å². The van der Waals surface area contributed by atoms with Gasteiger partial charge in [-0.1, -0.05) is 88.4 Å². The van der Waals surface area contributed by atoms with Crippen LogP contribution >= 0.6 is 0 Å². The summed E-state index contributed by atoms with van der Waals surface area (Å²) in [7, 11) is 0. The number of nitrogens with one attached hydrogen (secondary N) is 2. The number of hydrogen-bond acceptors (Lipinski definition) is 3. The molecule has 0 radical (unpaired) electrons. The zero-order valence-electron chi connectivity index (χ0n) is 19.1. The van der Waals surface area contributed by atoms with Gasteiger partial charge in [0.05, 0.1) is 12.1 Å². The van der Waals surface area contributed by atoms with Crippen molar-refractivity contribution in [3.63, 3.8) is 0 Å². The smallest absolute Gasteiger partial charge is 0.220 e. The van der Waals surface area contributed by atoms with E-state index in [4.69, 9.17) is 0 Å². The first-order valence-electron chi connectivity index (χ1n) is 11.0. The van der Waals surface area contributed by atoms with Gasteiger partial charge in [-0.25, -0.2) is 0 Å². The summed E-state index contributed by atoms with van der Waals surface area (Å²) in [5.74, 6) is 0.0926. The van der Waals surface area contributed by atoms with Crippen molar-refractivity contribution in [3.8, 4) is 0 Å². The van der Waals surface area contributed by atoms with E-state index in [1.807, 2.05) is 60.7 Å². The second-order valence-corrected chi connectivity index (χ2v) is 9.44. The van der Waals surface area contributed by atoms with Crippen LogP contribution in [-0.2, 0) is 11.2 Å². The van der Waals surface area contributed by atoms with Gasteiger partial charge in [0, 0.05) is 19.0 Å². The molecule has 0 heterocycles. The maximum atomic E-state index is 12.8. The average Bonchev–Trinajstić information content (AvgIpc) is 2.71. The topological polar surface area (TPSA) is 61.4 Å². The van der Waals surface area contributed by atoms with Crippen LogP contribution in [0.1, 0.15) is 58.1 Å². The molecule has 2 rings (SSSR count). The standard InChI is InChI=1S/C26H38N2O2/c1-19(22-14-10-7-11-15-22)16-25(30)28-23(17-21-12-8-6-9-13-21)24(29)18-27-20(2)26(3,4)5/h6-15,19-20,23-24,27,29H,16-18H2,1-5H3,(H,28,30)/t19?,20?,23-,24-/m1/s1. The van der Waals surface area contributed by atoms with Crippen molar-refractivity contribution >= 4 is 5.91 Å². The van der Waals surface area contributed by atoms with Crippen molar-refractivity contribution in [3.05, 3.63) is 71.8 Å². The molecule has 0 bridgehead atoms. The molecule has 4 nitrogen and oxygen atoms in total. The van der Waals surface area contributed by atoms with E-state index in [-0.39, 0.29) is 29.3 Å². The normalized spacial score (nSPS) is 15.8. The molecular weight excluding hydrogens is 372 g/mol. The summed E-state index contributed by atoms with van der Waals surface area (Å²) in [6, 6.07) is 20.0. The predicted octanol–water partition coefficient (Wildman–Crippen LogP) is 4.29. The lowest BCUT2D eigenvalue weighted by Crippen LogP contribution is -2.51. The Bertz CT molecular complexity index is 756. The van der Waals surface area contributed by atoms with Crippen molar-refractivity contribution < 1.29 is 9.90 Å². The van der Waals surface area contributed by atoms with E-state index in [9.17, 15) is 9.90 Å². The van der Waals surface area contributed by atoms with E-state index in [2.05, 4.69) is 45.3 Å². The number of aliphatic hydroxyl groups is 1. The molecule has 4 atom stereocenters. The van der Waals surface area contributed by atoms with Gasteiger partial charge in [0.25, 0.3) is 0 Å². The lowest BCUT2D eigenvalue weighted by molar-refractivity contribution is -0.123. The molecule has 0 saturated heterocycles. The molecule has 30 heavy (non-hydrogen) atoms. The molecule has 0 aliphatic rings. The molecule has 2 aromatic rings. The van der Waals surface area contributed by atoms with E-state index in [0.717, 1.165) is 11.1 Å². The molecule has 0 aliphatic carbocycles. The van der Waals surface area contributed by atoms with E-state index in [1.54, 1.807) is 0 Å². The molecule has 0 aromatic heterocycles. The minimum Gasteiger partial charge on any atom is -0.390 e. The Morgan fingerprint density at radius 2 is 1.53 bits per heavy atom. The molecular formula is C26H38N2O2. The number of aliphatic hydroxyl groups excluding tert-OH is 1. The van der Waals surface area contributed by atoms with Crippen LogP contribution in [0.2, 0.25) is 0 Å². The first-order chi connectivity index (χ1) is 14.2. The summed E-state index contributed by atoms with van der Waals surface area (Å²) in [4.78, 5) is 12.8. The summed E-state index contributed by atoms with van der Waals surface area (Å²) in [5.41, 5.74) is 2.35. The van der Waals surface area contributed by atoms with Gasteiger partial charge >= 0.3 is 0 Å². The van der Waals surface area contributed by atoms with E-state index >= 15 is 0 Å². The van der Waals surface area contributed by atoms with E-state index < -0.39 is 6.10 Å². The molecule has 4 heteroatoms. The molecule has 0 spiro atoms. The van der Waals surface area contributed by atoms with Gasteiger partial charge in [0.2, 0.25) is 5.91 Å². The Morgan fingerprint density at radius 1 is 0.967 bits per heavy atom. The molecule has 2 aromatic carbocycles. The third-order valence-corrected chi connectivity index (χ3v) is 5.90. The molecule has 3 N–H and O–H groups in total. The zero-order valence-corrected chi connectivity index (χ0v) is 19.1. The molecule has 0 fully saturated rings. The van der Waals surface area contributed by atoms with Crippen LogP contribution < -0.4 is 10.6 Å². The average molecular weight is 411 g/mol. The van der Waals surface area contributed by atoms with Gasteiger partial charge in [-0.2, -0.15) is 0 Å². The molecule has 0 aliphatic heterocycles. The third kappa shape index (κ3) is 7.92. The highest BCUT2D eigenvalue weighted by molar-refractivity contribution is 5.77. The van der Waals surface area contributed by atoms with Crippen LogP contribution in [0.15, 0.2) is 60.7 Å². The first-order valence-corrected chi connectivity index (χ1v) is 11.0. The third-order valence-electron chi connectivity index (χ3n) is 5.90. The van der Waals surface area contributed by atoms with Gasteiger partial charge in [0.15, 0.2) is 0 Å². The second-order valence-electron chi connectivity index (χ2n) is 9.44. The van der Waals surface area contributed by atoms with Crippen LogP contribution in [0.25, 0.3) is 0 Å². The lowest BCUT2D eigenvalue weighted by Gasteiger charge is -2.31. The lowest BCUT2D eigenvalue weighted by atomic mass is 9.88. The number of carbonyl (C=O) groups is 1. The van der Waals surface area contributed by atoms with Crippen LogP contribution in [0.3, 0.4) is 0 Å². The Kier molecular flexibility index (Phi) is 9.07. The monoisotopic (exact) mass is 410 g/mol. The fourth-order valence-electron chi connectivity index (χ4n) is 3.34. The highest BCUT2D eigenvalue weighted by Gasteiger charge is 2.25. The Hall–Kier alpha value is -2.17. The summed E-state index contributed by atoms with van der Waals surface area (Å²) in [6.07, 6.45) is 0.318. The molecule has 2 unspecified atom stereocenters. The van der Waals surface area contributed by atoms with Crippen molar-refractivity contribution in [1.82, 2.24) is 10.6 Å². The van der Waals surface area contributed by atoms with Crippen molar-refractivity contribution in [2.24, 2.45) is 5.41 Å². The summed E-state index contributed by atoms with van der Waals surface area (Å²) < 4.78 is 0. The van der Waals surface area contributed by atoms with Crippen LogP contribution in [0.4, 0.5) is 0 Å². The van der Waals surface area contributed by atoms with Crippen LogP contribution in [-0.4, -0.2) is 35.7 Å². The van der Waals surface area contributed by atoms with Gasteiger partial charge in [-0.15, -0.1) is 0 Å². The number of rotatable bonds is 10. The van der Waals surface area contributed by atoms with Crippen molar-refractivity contribution in [1.29, 1.82) is 0 Å². The number of hydrogen-bond donors (Lipinski definition) is 3. The fraction of sp³-hybridized carbons (Fsp3) is 0.500. The minimum absolute atomic E-state index is 0.0322. The zero-order chi connectivity index (χ0) is 22.1. The maximum Gasteiger partial charge on any atom is 0.220 e. The minimum atomic E-state index is -0.675. The van der Waals surface area contributed by atoms with Gasteiger partial charge in [0.1, 0.15) is 0 Å². The highest BCUT2D eigenvalue weighted by atomic mass is 16.3. The number of benzene rings is 2. The van der Waals surface area contributed by atoms with Crippen molar-refractivity contribution in [2.45, 2.75) is 71.6 Å². The summed E-state index contributed by atoms with van der Waals surface area (Å²) in [5, 5.41) is 17.4. The van der Waals surface area contributed by atoms with Crippen molar-refractivity contribution in [2.75, 3.05) is 6.54 Å².